The summed E-state index contributed by atoms with van der Waals surface area (Å²) in [5.74, 6) is 0.869. The van der Waals surface area contributed by atoms with Crippen molar-refractivity contribution in [3.63, 3.8) is 0 Å². The van der Waals surface area contributed by atoms with E-state index in [9.17, 15) is 0 Å². The molecule has 2 aromatic carbocycles. The Morgan fingerprint density at radius 1 is 0.913 bits per heavy atom. The molecule has 1 aliphatic heterocycles. The molecule has 3 rings (SSSR count). The summed E-state index contributed by atoms with van der Waals surface area (Å²) in [5, 5.41) is 6.73. The number of aryl methyl sites for hydroxylation is 1. The lowest BCUT2D eigenvalue weighted by molar-refractivity contribution is 0.272. The molecule has 0 unspecified atom stereocenters. The van der Waals surface area contributed by atoms with Gasteiger partial charge in [-0.25, -0.2) is 0 Å². The fraction of sp³-hybridized carbons (Fsp3) is 0.316. The number of hydrogen-bond donors (Lipinski definition) is 0. The third-order valence-corrected chi connectivity index (χ3v) is 4.14. The lowest BCUT2D eigenvalue weighted by Gasteiger charge is -2.34. The molecule has 0 radical (unpaired) electrons. The number of hydrazone groups is 1. The Bertz CT molecular complexity index is 641. The predicted octanol–water partition coefficient (Wildman–Crippen LogP) is 3.16. The molecule has 120 valence electrons. The van der Waals surface area contributed by atoms with Crippen LogP contribution in [0.15, 0.2) is 53.6 Å². The first-order valence-electron chi connectivity index (χ1n) is 7.99. The first-order chi connectivity index (χ1) is 11.2. The van der Waals surface area contributed by atoms with Crippen LogP contribution >= 0.6 is 0 Å². The maximum atomic E-state index is 5.16. The van der Waals surface area contributed by atoms with Crippen molar-refractivity contribution in [2.75, 3.05) is 38.2 Å². The maximum absolute atomic E-state index is 5.16. The van der Waals surface area contributed by atoms with Crippen LogP contribution < -0.4 is 9.64 Å². The predicted molar refractivity (Wildman–Crippen MR) is 95.6 cm³/mol. The molecule has 0 saturated carbocycles. The van der Waals surface area contributed by atoms with Crippen LogP contribution in [0.1, 0.15) is 11.1 Å². The molecular weight excluding hydrogens is 286 g/mol. The normalized spacial score (nSPS) is 15.2. The Hall–Kier alpha value is -2.49. The van der Waals surface area contributed by atoms with Crippen molar-refractivity contribution in [1.82, 2.24) is 5.01 Å². The first kappa shape index (κ1) is 15.4. The second kappa shape index (κ2) is 7.18. The summed E-state index contributed by atoms with van der Waals surface area (Å²) in [6.07, 6.45) is 1.92. The monoisotopic (exact) mass is 309 g/mol. The summed E-state index contributed by atoms with van der Waals surface area (Å²) in [6.45, 7) is 6.02. The number of methoxy groups -OCH3 is 1. The summed E-state index contributed by atoms with van der Waals surface area (Å²) in [5.41, 5.74) is 3.69. The number of anilines is 1. The molecule has 0 aromatic heterocycles. The van der Waals surface area contributed by atoms with Gasteiger partial charge in [-0.2, -0.15) is 5.10 Å². The van der Waals surface area contributed by atoms with Gasteiger partial charge in [-0.1, -0.05) is 17.7 Å². The Labute approximate surface area is 138 Å². The van der Waals surface area contributed by atoms with E-state index in [0.29, 0.717) is 0 Å². The van der Waals surface area contributed by atoms with Gasteiger partial charge in [0.2, 0.25) is 0 Å². The topological polar surface area (TPSA) is 28.1 Å². The maximum Gasteiger partial charge on any atom is 0.118 e. The fourth-order valence-corrected chi connectivity index (χ4v) is 2.66. The number of hydrogen-bond acceptors (Lipinski definition) is 4. The molecule has 0 aliphatic carbocycles. The van der Waals surface area contributed by atoms with Gasteiger partial charge in [0.25, 0.3) is 0 Å². The van der Waals surface area contributed by atoms with Crippen LogP contribution in [0.3, 0.4) is 0 Å². The number of piperazine rings is 1. The number of nitrogens with zero attached hydrogens (tertiary/aromatic N) is 3. The van der Waals surface area contributed by atoms with E-state index in [-0.39, 0.29) is 0 Å². The second-order valence-corrected chi connectivity index (χ2v) is 5.79. The van der Waals surface area contributed by atoms with Gasteiger partial charge in [-0.15, -0.1) is 0 Å². The molecule has 4 heteroatoms. The lowest BCUT2D eigenvalue weighted by atomic mass is 10.2. The Morgan fingerprint density at radius 3 is 2.17 bits per heavy atom. The molecule has 0 spiro atoms. The van der Waals surface area contributed by atoms with Crippen molar-refractivity contribution in [2.45, 2.75) is 6.92 Å². The Kier molecular flexibility index (Phi) is 4.81. The van der Waals surface area contributed by atoms with E-state index >= 15 is 0 Å². The van der Waals surface area contributed by atoms with Crippen molar-refractivity contribution >= 4 is 11.9 Å². The van der Waals surface area contributed by atoms with Gasteiger partial charge in [-0.05, 0) is 48.9 Å². The van der Waals surface area contributed by atoms with Crippen LogP contribution in [0.4, 0.5) is 5.69 Å². The van der Waals surface area contributed by atoms with Crippen LogP contribution in [-0.2, 0) is 0 Å². The molecular formula is C19H23N3O. The summed E-state index contributed by atoms with van der Waals surface area (Å²) in [7, 11) is 1.68. The molecule has 1 heterocycles. The largest absolute Gasteiger partial charge is 0.497 e. The minimum absolute atomic E-state index is 0.869. The van der Waals surface area contributed by atoms with E-state index < -0.39 is 0 Å². The summed E-state index contributed by atoms with van der Waals surface area (Å²) in [4.78, 5) is 2.42. The smallest absolute Gasteiger partial charge is 0.118 e. The van der Waals surface area contributed by atoms with Gasteiger partial charge < -0.3 is 9.64 Å². The van der Waals surface area contributed by atoms with Crippen molar-refractivity contribution in [2.24, 2.45) is 5.10 Å². The molecule has 23 heavy (non-hydrogen) atoms. The third kappa shape index (κ3) is 4.03. The molecule has 0 amide bonds. The molecule has 0 N–H and O–H groups in total. The highest BCUT2D eigenvalue weighted by atomic mass is 16.5. The van der Waals surface area contributed by atoms with E-state index in [1.54, 1.807) is 7.11 Å². The van der Waals surface area contributed by atoms with Crippen molar-refractivity contribution in [3.05, 3.63) is 59.7 Å². The van der Waals surface area contributed by atoms with Crippen molar-refractivity contribution in [3.8, 4) is 5.75 Å². The summed E-state index contributed by atoms with van der Waals surface area (Å²) >= 11 is 0. The van der Waals surface area contributed by atoms with Crippen LogP contribution in [0.25, 0.3) is 0 Å². The van der Waals surface area contributed by atoms with E-state index in [0.717, 1.165) is 37.5 Å². The molecule has 0 bridgehead atoms. The zero-order valence-electron chi connectivity index (χ0n) is 13.8. The highest BCUT2D eigenvalue weighted by Crippen LogP contribution is 2.17. The van der Waals surface area contributed by atoms with E-state index in [1.807, 2.05) is 30.5 Å². The molecule has 4 nitrogen and oxygen atoms in total. The second-order valence-electron chi connectivity index (χ2n) is 5.79. The summed E-state index contributed by atoms with van der Waals surface area (Å²) in [6, 6.07) is 16.7. The highest BCUT2D eigenvalue weighted by Gasteiger charge is 2.15. The van der Waals surface area contributed by atoms with Gasteiger partial charge in [0, 0.05) is 18.8 Å². The standard InChI is InChI=1S/C19H23N3O/c1-16-3-7-18(8-4-16)21-11-13-22(14-12-21)20-15-17-5-9-19(23-2)10-6-17/h3-10,15H,11-14H2,1-2H3/b20-15-. The zero-order chi connectivity index (χ0) is 16.1. The van der Waals surface area contributed by atoms with Crippen LogP contribution in [0, 0.1) is 6.92 Å². The minimum Gasteiger partial charge on any atom is -0.497 e. The van der Waals surface area contributed by atoms with Gasteiger partial charge in [0.1, 0.15) is 5.75 Å². The SMILES string of the molecule is COc1ccc(/C=N\N2CCN(c3ccc(C)cc3)CC2)cc1. The van der Waals surface area contributed by atoms with Crippen LogP contribution in [0.2, 0.25) is 0 Å². The summed E-state index contributed by atoms with van der Waals surface area (Å²) < 4.78 is 5.16. The van der Waals surface area contributed by atoms with Gasteiger partial charge >= 0.3 is 0 Å². The number of rotatable bonds is 4. The highest BCUT2D eigenvalue weighted by molar-refractivity contribution is 5.79. The van der Waals surface area contributed by atoms with E-state index in [1.165, 1.54) is 11.3 Å². The molecule has 1 saturated heterocycles. The average Bonchev–Trinajstić information content (AvgIpc) is 2.61. The quantitative estimate of drug-likeness (QED) is 0.812. The van der Waals surface area contributed by atoms with Gasteiger partial charge in [-0.3, -0.25) is 5.01 Å². The molecule has 2 aromatic rings. The lowest BCUT2D eigenvalue weighted by Crippen LogP contribution is -2.44. The fourth-order valence-electron chi connectivity index (χ4n) is 2.66. The van der Waals surface area contributed by atoms with Crippen LogP contribution in [0.5, 0.6) is 5.75 Å². The average molecular weight is 309 g/mol. The zero-order valence-corrected chi connectivity index (χ0v) is 13.8. The molecule has 1 aliphatic rings. The third-order valence-electron chi connectivity index (χ3n) is 4.14. The Morgan fingerprint density at radius 2 is 1.57 bits per heavy atom. The number of benzene rings is 2. The minimum atomic E-state index is 0.869. The van der Waals surface area contributed by atoms with Gasteiger partial charge in [0.05, 0.1) is 26.4 Å². The van der Waals surface area contributed by atoms with E-state index in [2.05, 4.69) is 46.2 Å². The first-order valence-corrected chi connectivity index (χ1v) is 7.99. The molecule has 0 atom stereocenters. The van der Waals surface area contributed by atoms with Crippen molar-refractivity contribution in [1.29, 1.82) is 0 Å². The number of ether oxygens (including phenoxy) is 1. The van der Waals surface area contributed by atoms with Gasteiger partial charge in [0.15, 0.2) is 0 Å². The van der Waals surface area contributed by atoms with Crippen LogP contribution in [-0.4, -0.2) is 44.5 Å². The van der Waals surface area contributed by atoms with E-state index in [4.69, 9.17) is 4.74 Å². The molecule has 1 fully saturated rings. The Balaban J connectivity index is 1.54. The van der Waals surface area contributed by atoms with Crippen molar-refractivity contribution < 1.29 is 4.74 Å².